The van der Waals surface area contributed by atoms with Crippen molar-refractivity contribution in [3.8, 4) is 0 Å². The number of aliphatic carboxylic acids is 1. The van der Waals surface area contributed by atoms with Crippen molar-refractivity contribution in [2.24, 2.45) is 11.8 Å². The zero-order valence-corrected chi connectivity index (χ0v) is 12.9. The predicted molar refractivity (Wildman–Crippen MR) is 77.9 cm³/mol. The van der Waals surface area contributed by atoms with Crippen LogP contribution < -0.4 is 0 Å². The minimum Gasteiger partial charge on any atom is -0.481 e. The zero-order valence-electron chi connectivity index (χ0n) is 12.9. The number of aliphatic hydroxyl groups excluding tert-OH is 1. The largest absolute Gasteiger partial charge is 0.481 e. The number of aliphatic hydroxyl groups is 1. The van der Waals surface area contributed by atoms with Gasteiger partial charge in [0.15, 0.2) is 0 Å². The molecule has 120 valence electrons. The van der Waals surface area contributed by atoms with Gasteiger partial charge in [0.1, 0.15) is 0 Å². The molecule has 0 aliphatic carbocycles. The summed E-state index contributed by atoms with van der Waals surface area (Å²) in [5.74, 6) is -0.805. The summed E-state index contributed by atoms with van der Waals surface area (Å²) in [5, 5.41) is 18.7. The minimum atomic E-state index is -0.758. The second-order valence-corrected chi connectivity index (χ2v) is 6.45. The van der Waals surface area contributed by atoms with Crippen LogP contribution in [0.4, 0.5) is 4.79 Å². The fourth-order valence-electron chi connectivity index (χ4n) is 3.44. The van der Waals surface area contributed by atoms with Crippen molar-refractivity contribution in [3.63, 3.8) is 0 Å². The molecule has 0 spiro atoms. The van der Waals surface area contributed by atoms with Crippen molar-refractivity contribution < 1.29 is 19.8 Å². The average Bonchev–Trinajstić information content (AvgIpc) is 2.46. The molecule has 2 heterocycles. The van der Waals surface area contributed by atoms with Gasteiger partial charge in [0, 0.05) is 25.7 Å². The van der Waals surface area contributed by atoms with Gasteiger partial charge in [-0.15, -0.1) is 0 Å². The molecule has 0 bridgehead atoms. The third kappa shape index (κ3) is 3.67. The molecular weight excluding hydrogens is 272 g/mol. The van der Waals surface area contributed by atoms with Crippen LogP contribution in [0.5, 0.6) is 0 Å². The van der Waals surface area contributed by atoms with Crippen LogP contribution in [-0.2, 0) is 4.79 Å². The number of piperidine rings is 2. The lowest BCUT2D eigenvalue weighted by Gasteiger charge is -2.41. The Morgan fingerprint density at radius 1 is 1.14 bits per heavy atom. The molecule has 0 aromatic rings. The maximum atomic E-state index is 12.6. The van der Waals surface area contributed by atoms with Gasteiger partial charge in [-0.3, -0.25) is 4.79 Å². The lowest BCUT2D eigenvalue weighted by Crippen LogP contribution is -2.53. The van der Waals surface area contributed by atoms with Crippen molar-refractivity contribution in [2.45, 2.75) is 51.7 Å². The van der Waals surface area contributed by atoms with Crippen molar-refractivity contribution in [1.82, 2.24) is 9.80 Å². The van der Waals surface area contributed by atoms with Crippen molar-refractivity contribution in [2.75, 3.05) is 19.6 Å². The number of carboxylic acid groups (broad SMARTS) is 1. The van der Waals surface area contributed by atoms with Crippen molar-refractivity contribution in [3.05, 3.63) is 0 Å². The second-order valence-electron chi connectivity index (χ2n) is 6.45. The fraction of sp³-hybridized carbons (Fsp3) is 0.867. The Morgan fingerprint density at radius 3 is 2.24 bits per heavy atom. The van der Waals surface area contributed by atoms with Crippen molar-refractivity contribution in [1.29, 1.82) is 0 Å². The van der Waals surface area contributed by atoms with Gasteiger partial charge in [0.25, 0.3) is 0 Å². The third-order valence-electron chi connectivity index (χ3n) is 4.96. The molecule has 0 radical (unpaired) electrons. The Morgan fingerprint density at radius 2 is 1.76 bits per heavy atom. The van der Waals surface area contributed by atoms with Crippen molar-refractivity contribution >= 4 is 12.0 Å². The van der Waals surface area contributed by atoms with E-state index in [9.17, 15) is 14.7 Å². The van der Waals surface area contributed by atoms with Gasteiger partial charge in [0.2, 0.25) is 0 Å². The van der Waals surface area contributed by atoms with Gasteiger partial charge in [-0.2, -0.15) is 0 Å². The molecule has 6 heteroatoms. The van der Waals surface area contributed by atoms with E-state index in [1.807, 2.05) is 16.7 Å². The Balaban J connectivity index is 1.88. The summed E-state index contributed by atoms with van der Waals surface area (Å²) >= 11 is 0. The monoisotopic (exact) mass is 298 g/mol. The van der Waals surface area contributed by atoms with Crippen LogP contribution in [0.1, 0.15) is 39.5 Å². The zero-order chi connectivity index (χ0) is 15.6. The number of rotatable bonds is 2. The van der Waals surface area contributed by atoms with Crippen LogP contribution in [-0.4, -0.2) is 63.8 Å². The van der Waals surface area contributed by atoms with Crippen LogP contribution in [0, 0.1) is 11.8 Å². The average molecular weight is 298 g/mol. The normalized spacial score (nSPS) is 29.3. The lowest BCUT2D eigenvalue weighted by atomic mass is 9.91. The highest BCUT2D eigenvalue weighted by molar-refractivity contribution is 5.76. The van der Waals surface area contributed by atoms with E-state index in [0.29, 0.717) is 32.5 Å². The summed E-state index contributed by atoms with van der Waals surface area (Å²) in [7, 11) is 0. The van der Waals surface area contributed by atoms with Gasteiger partial charge < -0.3 is 20.0 Å². The first-order valence-corrected chi connectivity index (χ1v) is 7.86. The molecule has 3 atom stereocenters. The first kappa shape index (κ1) is 16.1. The summed E-state index contributed by atoms with van der Waals surface area (Å²) in [6.07, 6.45) is 2.43. The van der Waals surface area contributed by atoms with E-state index in [4.69, 9.17) is 5.11 Å². The van der Waals surface area contributed by atoms with E-state index < -0.39 is 5.97 Å². The molecule has 2 amide bonds. The van der Waals surface area contributed by atoms with Gasteiger partial charge >= 0.3 is 12.0 Å². The maximum absolute atomic E-state index is 12.6. The summed E-state index contributed by atoms with van der Waals surface area (Å²) in [6.45, 7) is 5.61. The standard InChI is InChI=1S/C15H26N2O4/c1-10-9-13(14(19)20)5-8-17(10)15(21)16-6-3-12(4-7-16)11(2)18/h10-13,18H,3-9H2,1-2H3,(H,19,20). The highest BCUT2D eigenvalue weighted by Crippen LogP contribution is 2.26. The topological polar surface area (TPSA) is 81.1 Å². The Hall–Kier alpha value is -1.30. The first-order valence-electron chi connectivity index (χ1n) is 7.86. The van der Waals surface area contributed by atoms with E-state index in [-0.39, 0.29) is 30.0 Å². The molecule has 3 unspecified atom stereocenters. The number of urea groups is 1. The van der Waals surface area contributed by atoms with E-state index in [0.717, 1.165) is 12.8 Å². The Kier molecular flexibility index (Phi) is 5.08. The van der Waals surface area contributed by atoms with Gasteiger partial charge in [-0.1, -0.05) is 0 Å². The molecule has 0 saturated carbocycles. The van der Waals surface area contributed by atoms with Crippen LogP contribution in [0.2, 0.25) is 0 Å². The maximum Gasteiger partial charge on any atom is 0.320 e. The second kappa shape index (κ2) is 6.64. The fourth-order valence-corrected chi connectivity index (χ4v) is 3.44. The number of carbonyl (C=O) groups is 2. The Labute approximate surface area is 125 Å². The first-order chi connectivity index (χ1) is 9.90. The van der Waals surface area contributed by atoms with Crippen LogP contribution in [0.15, 0.2) is 0 Å². The molecule has 2 saturated heterocycles. The van der Waals surface area contributed by atoms with Gasteiger partial charge in [-0.05, 0) is 45.4 Å². The van der Waals surface area contributed by atoms with E-state index in [1.54, 1.807) is 6.92 Å². The number of hydrogen-bond acceptors (Lipinski definition) is 3. The number of amides is 2. The summed E-state index contributed by atoms with van der Waals surface area (Å²) in [4.78, 5) is 27.3. The molecule has 2 fully saturated rings. The lowest BCUT2D eigenvalue weighted by molar-refractivity contribution is -0.143. The molecule has 2 rings (SSSR count). The highest BCUT2D eigenvalue weighted by atomic mass is 16.4. The smallest absolute Gasteiger partial charge is 0.320 e. The Bertz CT molecular complexity index is 391. The van der Waals surface area contributed by atoms with Gasteiger partial charge in [-0.25, -0.2) is 4.79 Å². The molecular formula is C15H26N2O4. The molecule has 0 aromatic heterocycles. The van der Waals surface area contributed by atoms with Crippen LogP contribution in [0.3, 0.4) is 0 Å². The number of carboxylic acids is 1. The SMILES string of the molecule is CC(O)C1CCN(C(=O)N2CCC(C(=O)O)CC2C)CC1. The molecule has 0 aromatic carbocycles. The molecule has 21 heavy (non-hydrogen) atoms. The van der Waals surface area contributed by atoms with E-state index >= 15 is 0 Å². The van der Waals surface area contributed by atoms with Crippen LogP contribution >= 0.6 is 0 Å². The molecule has 6 nitrogen and oxygen atoms in total. The number of nitrogens with zero attached hydrogens (tertiary/aromatic N) is 2. The summed E-state index contributed by atoms with van der Waals surface area (Å²) in [6, 6.07) is -0.00257. The molecule has 2 aliphatic rings. The van der Waals surface area contributed by atoms with E-state index in [1.165, 1.54) is 0 Å². The van der Waals surface area contributed by atoms with E-state index in [2.05, 4.69) is 0 Å². The number of likely N-dealkylation sites (tertiary alicyclic amines) is 2. The minimum absolute atomic E-state index is 0.0235. The quantitative estimate of drug-likeness (QED) is 0.807. The van der Waals surface area contributed by atoms with Crippen LogP contribution in [0.25, 0.3) is 0 Å². The van der Waals surface area contributed by atoms with Gasteiger partial charge in [0.05, 0.1) is 12.0 Å². The summed E-state index contributed by atoms with van der Waals surface area (Å²) in [5.41, 5.74) is 0. The summed E-state index contributed by atoms with van der Waals surface area (Å²) < 4.78 is 0. The highest BCUT2D eigenvalue weighted by Gasteiger charge is 2.35. The molecule has 2 N–H and O–H groups in total. The predicted octanol–water partition coefficient (Wildman–Crippen LogP) is 1.38. The number of hydrogen-bond donors (Lipinski definition) is 2. The number of carbonyl (C=O) groups excluding carboxylic acids is 1. The molecule has 2 aliphatic heterocycles. The third-order valence-corrected chi connectivity index (χ3v) is 4.96.